The lowest BCUT2D eigenvalue weighted by Gasteiger charge is -2.32. The minimum Gasteiger partial charge on any atom is -0.308 e. The Hall–Kier alpha value is -7.94. The van der Waals surface area contributed by atoms with E-state index in [9.17, 15) is 0 Å². The van der Waals surface area contributed by atoms with Crippen molar-refractivity contribution in [2.45, 2.75) is 0 Å². The molecule has 0 bridgehead atoms. The molecule has 0 aliphatic heterocycles. The number of para-hydroxylation sites is 4. The van der Waals surface area contributed by atoms with E-state index >= 15 is 0 Å². The maximum atomic E-state index is 2.49. The van der Waals surface area contributed by atoms with Crippen LogP contribution >= 0.6 is 0 Å². The van der Waals surface area contributed by atoms with Crippen LogP contribution in [0.3, 0.4) is 0 Å². The zero-order valence-corrected chi connectivity index (χ0v) is 33.0. The molecule has 282 valence electrons. The summed E-state index contributed by atoms with van der Waals surface area (Å²) < 4.78 is 2.44. The fourth-order valence-electron chi connectivity index (χ4n) is 9.06. The molecule has 0 unspecified atom stereocenters. The van der Waals surface area contributed by atoms with Crippen molar-refractivity contribution in [3.05, 3.63) is 243 Å². The van der Waals surface area contributed by atoms with Crippen LogP contribution in [0.2, 0.25) is 0 Å². The Morgan fingerprint density at radius 2 is 0.817 bits per heavy atom. The molecule has 10 aromatic carbocycles. The lowest BCUT2D eigenvalue weighted by Crippen LogP contribution is -2.15. The van der Waals surface area contributed by atoms with Gasteiger partial charge >= 0.3 is 0 Å². The summed E-state index contributed by atoms with van der Waals surface area (Å²) >= 11 is 0. The van der Waals surface area contributed by atoms with Gasteiger partial charge in [0.2, 0.25) is 0 Å². The first-order valence-electron chi connectivity index (χ1n) is 20.6. The monoisotopic (exact) mass is 764 g/mol. The van der Waals surface area contributed by atoms with E-state index in [1.54, 1.807) is 0 Å². The third kappa shape index (κ3) is 6.14. The second kappa shape index (κ2) is 15.1. The van der Waals surface area contributed by atoms with E-state index < -0.39 is 0 Å². The molecule has 0 aliphatic rings. The summed E-state index contributed by atoms with van der Waals surface area (Å²) in [4.78, 5) is 2.49. The van der Waals surface area contributed by atoms with Crippen molar-refractivity contribution in [1.82, 2.24) is 4.57 Å². The second-order valence-corrected chi connectivity index (χ2v) is 15.3. The predicted molar refractivity (Wildman–Crippen MR) is 255 cm³/mol. The highest BCUT2D eigenvalue weighted by molar-refractivity contribution is 6.10. The smallest absolute Gasteiger partial charge is 0.0702 e. The fraction of sp³-hybridized carbons (Fsp3) is 0. The minimum absolute atomic E-state index is 1.07. The molecule has 0 saturated heterocycles. The molecule has 11 aromatic rings. The Kier molecular flexibility index (Phi) is 8.87. The lowest BCUT2D eigenvalue weighted by atomic mass is 9.87. The molecule has 11 rings (SSSR count). The molecule has 0 aliphatic carbocycles. The van der Waals surface area contributed by atoms with Crippen molar-refractivity contribution < 1.29 is 0 Å². The summed E-state index contributed by atoms with van der Waals surface area (Å²) in [5.41, 5.74) is 16.0. The highest BCUT2D eigenvalue weighted by Gasteiger charge is 2.26. The summed E-state index contributed by atoms with van der Waals surface area (Å²) in [6.45, 7) is 0. The standard InChI is InChI=1S/C58H40N2/c1-3-20-42(21-4-1)48-27-9-10-30-52(48)58-49(43-22-5-2-6-23-43)31-18-36-57(58)59(47-26-17-25-45(40-47)46-38-37-41-19-7-8-24-44(41)39-46)55-34-15-16-35-56(55)60-53-32-13-11-28-50(53)51-29-12-14-33-54(51)60/h1-40H. The number of benzene rings is 10. The zero-order chi connectivity index (χ0) is 39.8. The Morgan fingerprint density at radius 1 is 0.300 bits per heavy atom. The molecule has 0 amide bonds. The van der Waals surface area contributed by atoms with Gasteiger partial charge in [0.05, 0.1) is 28.1 Å². The van der Waals surface area contributed by atoms with Gasteiger partial charge in [-0.1, -0.05) is 194 Å². The van der Waals surface area contributed by atoms with E-state index in [1.807, 2.05) is 0 Å². The van der Waals surface area contributed by atoms with Gasteiger partial charge < -0.3 is 9.47 Å². The van der Waals surface area contributed by atoms with Gasteiger partial charge in [0.15, 0.2) is 0 Å². The molecule has 0 radical (unpaired) electrons. The van der Waals surface area contributed by atoms with E-state index in [0.29, 0.717) is 0 Å². The van der Waals surface area contributed by atoms with Gasteiger partial charge in [-0.3, -0.25) is 0 Å². The summed E-state index contributed by atoms with van der Waals surface area (Å²) in [6, 6.07) is 88.1. The number of rotatable bonds is 8. The maximum absolute atomic E-state index is 2.49. The Morgan fingerprint density at radius 3 is 1.57 bits per heavy atom. The first-order chi connectivity index (χ1) is 29.8. The molecule has 0 saturated carbocycles. The SMILES string of the molecule is c1ccc(-c2ccccc2-c2c(-c3ccccc3)cccc2N(c2cccc(-c3ccc4ccccc4c3)c2)c2ccccc2-n2c3ccccc3c3ccccc32)cc1. The van der Waals surface area contributed by atoms with E-state index in [1.165, 1.54) is 60.4 Å². The molecule has 0 fully saturated rings. The molecule has 1 aromatic heterocycles. The lowest BCUT2D eigenvalue weighted by molar-refractivity contribution is 1.15. The Balaban J connectivity index is 1.23. The van der Waals surface area contributed by atoms with Gasteiger partial charge in [0, 0.05) is 22.0 Å². The van der Waals surface area contributed by atoms with Crippen molar-refractivity contribution in [3.8, 4) is 50.2 Å². The summed E-state index contributed by atoms with van der Waals surface area (Å²) in [5, 5.41) is 4.93. The van der Waals surface area contributed by atoms with Gasteiger partial charge in [0.25, 0.3) is 0 Å². The molecule has 0 N–H and O–H groups in total. The largest absolute Gasteiger partial charge is 0.308 e. The average molecular weight is 765 g/mol. The van der Waals surface area contributed by atoms with Gasteiger partial charge in [-0.05, 0) is 98.2 Å². The first kappa shape index (κ1) is 35.2. The van der Waals surface area contributed by atoms with E-state index in [0.717, 1.165) is 39.4 Å². The Bertz CT molecular complexity index is 3270. The van der Waals surface area contributed by atoms with E-state index in [2.05, 4.69) is 252 Å². The molecule has 0 spiro atoms. The van der Waals surface area contributed by atoms with Crippen LogP contribution in [-0.4, -0.2) is 4.57 Å². The number of hydrogen-bond acceptors (Lipinski definition) is 1. The van der Waals surface area contributed by atoms with E-state index in [-0.39, 0.29) is 0 Å². The zero-order valence-electron chi connectivity index (χ0n) is 33.0. The maximum Gasteiger partial charge on any atom is 0.0702 e. The van der Waals surface area contributed by atoms with Crippen LogP contribution in [0.15, 0.2) is 243 Å². The number of anilines is 3. The van der Waals surface area contributed by atoms with Gasteiger partial charge in [-0.2, -0.15) is 0 Å². The summed E-state index contributed by atoms with van der Waals surface area (Å²) in [5.74, 6) is 0. The predicted octanol–water partition coefficient (Wildman–Crippen LogP) is 16.1. The van der Waals surface area contributed by atoms with Crippen molar-refractivity contribution in [2.75, 3.05) is 4.90 Å². The molecular weight excluding hydrogens is 725 g/mol. The molecule has 60 heavy (non-hydrogen) atoms. The summed E-state index contributed by atoms with van der Waals surface area (Å²) in [6.07, 6.45) is 0. The van der Waals surface area contributed by atoms with Gasteiger partial charge in [0.1, 0.15) is 0 Å². The highest BCUT2D eigenvalue weighted by atomic mass is 15.2. The van der Waals surface area contributed by atoms with Crippen molar-refractivity contribution in [2.24, 2.45) is 0 Å². The number of aromatic nitrogens is 1. The first-order valence-corrected chi connectivity index (χ1v) is 20.6. The highest BCUT2D eigenvalue weighted by Crippen LogP contribution is 2.50. The molecule has 0 atom stereocenters. The minimum atomic E-state index is 1.07. The summed E-state index contributed by atoms with van der Waals surface area (Å²) in [7, 11) is 0. The normalized spacial score (nSPS) is 11.3. The fourth-order valence-corrected chi connectivity index (χ4v) is 9.06. The van der Waals surface area contributed by atoms with Crippen LogP contribution in [0.5, 0.6) is 0 Å². The van der Waals surface area contributed by atoms with Crippen LogP contribution in [0.4, 0.5) is 17.1 Å². The quantitative estimate of drug-likeness (QED) is 0.150. The Labute approximate surface area is 350 Å². The third-order valence-electron chi connectivity index (χ3n) is 11.8. The van der Waals surface area contributed by atoms with E-state index in [4.69, 9.17) is 0 Å². The molecule has 2 heteroatoms. The van der Waals surface area contributed by atoms with Crippen molar-refractivity contribution >= 4 is 49.6 Å². The van der Waals surface area contributed by atoms with Crippen LogP contribution in [-0.2, 0) is 0 Å². The molecule has 2 nitrogen and oxygen atoms in total. The number of fused-ring (bicyclic) bond motifs is 4. The average Bonchev–Trinajstić information content (AvgIpc) is 3.66. The number of nitrogens with zero attached hydrogens (tertiary/aromatic N) is 2. The van der Waals surface area contributed by atoms with Crippen LogP contribution in [0.25, 0.3) is 82.8 Å². The van der Waals surface area contributed by atoms with Crippen molar-refractivity contribution in [1.29, 1.82) is 0 Å². The number of hydrogen-bond donors (Lipinski definition) is 0. The van der Waals surface area contributed by atoms with Gasteiger partial charge in [-0.25, -0.2) is 0 Å². The topological polar surface area (TPSA) is 8.17 Å². The molecule has 1 heterocycles. The van der Waals surface area contributed by atoms with Crippen LogP contribution < -0.4 is 4.90 Å². The van der Waals surface area contributed by atoms with Crippen LogP contribution in [0.1, 0.15) is 0 Å². The third-order valence-corrected chi connectivity index (χ3v) is 11.8. The van der Waals surface area contributed by atoms with Gasteiger partial charge in [-0.15, -0.1) is 0 Å². The van der Waals surface area contributed by atoms with Crippen LogP contribution in [0, 0.1) is 0 Å². The molecular formula is C58H40N2. The van der Waals surface area contributed by atoms with Crippen molar-refractivity contribution in [3.63, 3.8) is 0 Å². The second-order valence-electron chi connectivity index (χ2n) is 15.3.